The standard InChI is InChI=1S/C15H22BrNO4/c1-9(16)6-10(2)17-15(18)11-7-12(19-3)14(21-5)13(8-11)20-4/h7-10H,6H2,1-5H3,(H,17,18). The average Bonchev–Trinajstić information content (AvgIpc) is 2.44. The zero-order valence-corrected chi connectivity index (χ0v) is 14.6. The minimum atomic E-state index is -0.171. The smallest absolute Gasteiger partial charge is 0.251 e. The lowest BCUT2D eigenvalue weighted by molar-refractivity contribution is 0.0938. The number of benzene rings is 1. The molecule has 0 spiro atoms. The van der Waals surface area contributed by atoms with Gasteiger partial charge >= 0.3 is 0 Å². The van der Waals surface area contributed by atoms with Crippen LogP contribution in [0, 0.1) is 0 Å². The number of alkyl halides is 1. The van der Waals surface area contributed by atoms with E-state index in [9.17, 15) is 4.79 Å². The van der Waals surface area contributed by atoms with E-state index in [0.29, 0.717) is 27.6 Å². The largest absolute Gasteiger partial charge is 0.493 e. The summed E-state index contributed by atoms with van der Waals surface area (Å²) in [7, 11) is 4.57. The van der Waals surface area contributed by atoms with Crippen LogP contribution >= 0.6 is 15.9 Å². The van der Waals surface area contributed by atoms with Crippen LogP contribution in [-0.4, -0.2) is 38.1 Å². The SMILES string of the molecule is COc1cc(C(=O)NC(C)CC(C)Br)cc(OC)c1OC. The number of ether oxygens (including phenoxy) is 3. The molecule has 2 unspecified atom stereocenters. The first-order chi connectivity index (χ1) is 9.92. The molecule has 0 heterocycles. The van der Waals surface area contributed by atoms with Gasteiger partial charge in [-0.15, -0.1) is 0 Å². The third-order valence-corrected chi connectivity index (χ3v) is 3.36. The maximum Gasteiger partial charge on any atom is 0.251 e. The summed E-state index contributed by atoms with van der Waals surface area (Å²) in [4.78, 5) is 12.6. The van der Waals surface area contributed by atoms with Gasteiger partial charge in [-0.25, -0.2) is 0 Å². The molecule has 2 atom stereocenters. The fourth-order valence-corrected chi connectivity index (χ4v) is 2.63. The van der Waals surface area contributed by atoms with Gasteiger partial charge in [-0.3, -0.25) is 4.79 Å². The molecule has 0 fully saturated rings. The summed E-state index contributed by atoms with van der Waals surface area (Å²) in [5.41, 5.74) is 0.471. The predicted molar refractivity (Wildman–Crippen MR) is 86.0 cm³/mol. The number of halogens is 1. The molecule has 1 rings (SSSR count). The molecule has 0 saturated carbocycles. The minimum Gasteiger partial charge on any atom is -0.493 e. The van der Waals surface area contributed by atoms with Crippen LogP contribution in [0.3, 0.4) is 0 Å². The molecule has 0 radical (unpaired) electrons. The van der Waals surface area contributed by atoms with Crippen molar-refractivity contribution in [3.63, 3.8) is 0 Å². The van der Waals surface area contributed by atoms with Gasteiger partial charge in [-0.2, -0.15) is 0 Å². The van der Waals surface area contributed by atoms with Gasteiger partial charge in [0, 0.05) is 16.4 Å². The highest BCUT2D eigenvalue weighted by molar-refractivity contribution is 9.09. The average molecular weight is 360 g/mol. The van der Waals surface area contributed by atoms with Crippen molar-refractivity contribution in [2.75, 3.05) is 21.3 Å². The molecular formula is C15H22BrNO4. The van der Waals surface area contributed by atoms with Gasteiger partial charge in [0.2, 0.25) is 5.75 Å². The van der Waals surface area contributed by atoms with Crippen LogP contribution in [0.1, 0.15) is 30.6 Å². The second-order valence-corrected chi connectivity index (χ2v) is 6.37. The van der Waals surface area contributed by atoms with Crippen LogP contribution in [0.5, 0.6) is 17.2 Å². The molecule has 0 aromatic heterocycles. The Labute approximate surface area is 134 Å². The molecule has 1 N–H and O–H groups in total. The number of nitrogens with one attached hydrogen (secondary N) is 1. The molecule has 1 amide bonds. The van der Waals surface area contributed by atoms with Gasteiger partial charge in [0.25, 0.3) is 5.91 Å². The Morgan fingerprint density at radius 1 is 1.14 bits per heavy atom. The summed E-state index contributed by atoms with van der Waals surface area (Å²) < 4.78 is 15.7. The molecule has 0 aliphatic rings. The molecule has 0 saturated heterocycles. The Morgan fingerprint density at radius 3 is 2.05 bits per heavy atom. The van der Waals surface area contributed by atoms with Crippen LogP contribution in [0.2, 0.25) is 0 Å². The highest BCUT2D eigenvalue weighted by Gasteiger charge is 2.18. The van der Waals surface area contributed by atoms with E-state index in [-0.39, 0.29) is 11.9 Å². The molecule has 118 valence electrons. The van der Waals surface area contributed by atoms with E-state index in [2.05, 4.69) is 21.2 Å². The number of hydrogen-bond donors (Lipinski definition) is 1. The fraction of sp³-hybridized carbons (Fsp3) is 0.533. The number of methoxy groups -OCH3 is 3. The summed E-state index contributed by atoms with van der Waals surface area (Å²) in [5.74, 6) is 1.22. The van der Waals surface area contributed by atoms with Gasteiger partial charge in [0.05, 0.1) is 21.3 Å². The van der Waals surface area contributed by atoms with Crippen molar-refractivity contribution in [2.24, 2.45) is 0 Å². The van der Waals surface area contributed by atoms with Gasteiger partial charge in [-0.05, 0) is 25.5 Å². The summed E-state index contributed by atoms with van der Waals surface area (Å²) in [6.07, 6.45) is 0.843. The lowest BCUT2D eigenvalue weighted by Crippen LogP contribution is -2.33. The Balaban J connectivity index is 2.99. The first-order valence-electron chi connectivity index (χ1n) is 6.67. The number of carbonyl (C=O) groups excluding carboxylic acids is 1. The zero-order chi connectivity index (χ0) is 16.0. The Morgan fingerprint density at radius 2 is 1.67 bits per heavy atom. The third kappa shape index (κ3) is 4.81. The van der Waals surface area contributed by atoms with E-state index in [0.717, 1.165) is 6.42 Å². The molecule has 0 aliphatic carbocycles. The van der Waals surface area contributed by atoms with E-state index >= 15 is 0 Å². The number of hydrogen-bond acceptors (Lipinski definition) is 4. The number of carbonyl (C=O) groups is 1. The normalized spacial score (nSPS) is 13.2. The van der Waals surface area contributed by atoms with Gasteiger partial charge in [0.15, 0.2) is 11.5 Å². The van der Waals surface area contributed by atoms with Crippen molar-refractivity contribution in [1.29, 1.82) is 0 Å². The molecule has 5 nitrogen and oxygen atoms in total. The predicted octanol–water partition coefficient (Wildman–Crippen LogP) is 3.00. The van der Waals surface area contributed by atoms with Crippen molar-refractivity contribution in [3.8, 4) is 17.2 Å². The van der Waals surface area contributed by atoms with E-state index in [1.54, 1.807) is 12.1 Å². The lowest BCUT2D eigenvalue weighted by Gasteiger charge is -2.17. The van der Waals surface area contributed by atoms with Crippen molar-refractivity contribution < 1.29 is 19.0 Å². The maximum absolute atomic E-state index is 12.3. The highest BCUT2D eigenvalue weighted by atomic mass is 79.9. The monoisotopic (exact) mass is 359 g/mol. The second-order valence-electron chi connectivity index (χ2n) is 4.80. The first kappa shape index (κ1) is 17.6. The highest BCUT2D eigenvalue weighted by Crippen LogP contribution is 2.38. The third-order valence-electron chi connectivity index (χ3n) is 2.98. The van der Waals surface area contributed by atoms with Crippen molar-refractivity contribution in [2.45, 2.75) is 31.1 Å². The van der Waals surface area contributed by atoms with Gasteiger partial charge in [-0.1, -0.05) is 22.9 Å². The maximum atomic E-state index is 12.3. The molecule has 0 bridgehead atoms. The minimum absolute atomic E-state index is 0.0611. The second kappa shape index (κ2) is 8.12. The van der Waals surface area contributed by atoms with Crippen LogP contribution < -0.4 is 19.5 Å². The Hall–Kier alpha value is -1.43. The zero-order valence-electron chi connectivity index (χ0n) is 13.0. The van der Waals surface area contributed by atoms with E-state index in [1.807, 2.05) is 13.8 Å². The molecule has 0 aliphatic heterocycles. The molecule has 1 aromatic carbocycles. The van der Waals surface area contributed by atoms with Crippen molar-refractivity contribution in [1.82, 2.24) is 5.32 Å². The topological polar surface area (TPSA) is 56.8 Å². The number of amides is 1. The number of rotatable bonds is 7. The first-order valence-corrected chi connectivity index (χ1v) is 7.59. The molecular weight excluding hydrogens is 338 g/mol. The van der Waals surface area contributed by atoms with E-state index in [1.165, 1.54) is 21.3 Å². The van der Waals surface area contributed by atoms with Crippen molar-refractivity contribution >= 4 is 21.8 Å². The Kier molecular flexibility index (Phi) is 6.81. The molecule has 1 aromatic rings. The van der Waals surface area contributed by atoms with Crippen LogP contribution in [-0.2, 0) is 0 Å². The fourth-order valence-electron chi connectivity index (χ4n) is 2.07. The molecule has 6 heteroatoms. The van der Waals surface area contributed by atoms with Gasteiger partial charge in [0.1, 0.15) is 0 Å². The van der Waals surface area contributed by atoms with Crippen LogP contribution in [0.4, 0.5) is 0 Å². The molecule has 21 heavy (non-hydrogen) atoms. The quantitative estimate of drug-likeness (QED) is 0.760. The van der Waals surface area contributed by atoms with Gasteiger partial charge < -0.3 is 19.5 Å². The van der Waals surface area contributed by atoms with E-state index in [4.69, 9.17) is 14.2 Å². The summed E-state index contributed by atoms with van der Waals surface area (Å²) >= 11 is 3.48. The van der Waals surface area contributed by atoms with Crippen LogP contribution in [0.25, 0.3) is 0 Å². The Bertz CT molecular complexity index is 466. The summed E-state index contributed by atoms with van der Waals surface area (Å²) in [6.45, 7) is 4.01. The van der Waals surface area contributed by atoms with Crippen molar-refractivity contribution in [3.05, 3.63) is 17.7 Å². The lowest BCUT2D eigenvalue weighted by atomic mass is 10.1. The summed E-state index contributed by atoms with van der Waals surface area (Å²) in [6, 6.07) is 3.34. The van der Waals surface area contributed by atoms with Crippen LogP contribution in [0.15, 0.2) is 12.1 Å². The van der Waals surface area contributed by atoms with E-state index < -0.39 is 0 Å². The summed E-state index contributed by atoms with van der Waals surface area (Å²) in [5, 5.41) is 2.95.